The predicted molar refractivity (Wildman–Crippen MR) is 62.3 cm³/mol. The van der Waals surface area contributed by atoms with E-state index >= 15 is 0 Å². The van der Waals surface area contributed by atoms with Crippen molar-refractivity contribution in [3.05, 3.63) is 0 Å². The number of carboxylic acids is 1. The molecule has 16 heavy (non-hydrogen) atoms. The Morgan fingerprint density at radius 1 is 1.38 bits per heavy atom. The normalized spacial score (nSPS) is 19.9. The summed E-state index contributed by atoms with van der Waals surface area (Å²) in [5, 5.41) is 21.6. The van der Waals surface area contributed by atoms with Crippen molar-refractivity contribution in [1.82, 2.24) is 5.32 Å². The number of hydrogen-bond acceptors (Lipinski definition) is 3. The largest absolute Gasteiger partial charge is 0.481 e. The monoisotopic (exact) mass is 229 g/mol. The highest BCUT2D eigenvalue weighted by molar-refractivity contribution is 5.73. The summed E-state index contributed by atoms with van der Waals surface area (Å²) in [5.41, 5.74) is -0.746. The van der Waals surface area contributed by atoms with E-state index in [0.29, 0.717) is 6.54 Å². The van der Waals surface area contributed by atoms with E-state index in [9.17, 15) is 9.90 Å². The standard InChI is InChI=1S/C12H23NO3/c1-11(2,10(15)16)7-13-8-12(9-14)5-3-4-6-12/h13-14H,3-9H2,1-2H3,(H,15,16). The van der Waals surface area contributed by atoms with E-state index in [1.807, 2.05) is 0 Å². The van der Waals surface area contributed by atoms with Crippen LogP contribution in [0.25, 0.3) is 0 Å². The molecule has 0 radical (unpaired) electrons. The van der Waals surface area contributed by atoms with Crippen molar-refractivity contribution in [3.8, 4) is 0 Å². The molecule has 1 aliphatic rings. The number of aliphatic hydroxyl groups is 1. The molecular weight excluding hydrogens is 206 g/mol. The summed E-state index contributed by atoms with van der Waals surface area (Å²) in [4.78, 5) is 10.9. The van der Waals surface area contributed by atoms with Crippen molar-refractivity contribution in [1.29, 1.82) is 0 Å². The number of carboxylic acid groups (broad SMARTS) is 1. The lowest BCUT2D eigenvalue weighted by molar-refractivity contribution is -0.146. The molecule has 0 spiro atoms. The summed E-state index contributed by atoms with van der Waals surface area (Å²) in [6.45, 7) is 4.79. The van der Waals surface area contributed by atoms with Crippen LogP contribution in [0.5, 0.6) is 0 Å². The molecule has 0 amide bonds. The van der Waals surface area contributed by atoms with E-state index in [-0.39, 0.29) is 12.0 Å². The Kier molecular flexibility index (Phi) is 4.33. The zero-order chi connectivity index (χ0) is 12.2. The number of hydrogen-bond donors (Lipinski definition) is 3. The fourth-order valence-corrected chi connectivity index (χ4v) is 2.23. The van der Waals surface area contributed by atoms with Gasteiger partial charge in [-0.25, -0.2) is 0 Å². The molecule has 0 heterocycles. The van der Waals surface area contributed by atoms with Gasteiger partial charge in [-0.15, -0.1) is 0 Å². The van der Waals surface area contributed by atoms with E-state index in [4.69, 9.17) is 5.11 Å². The maximum atomic E-state index is 10.9. The van der Waals surface area contributed by atoms with Gasteiger partial charge >= 0.3 is 5.97 Å². The SMILES string of the molecule is CC(C)(CNCC1(CO)CCCC1)C(=O)O. The predicted octanol–water partition coefficient (Wildman–Crippen LogP) is 1.24. The van der Waals surface area contributed by atoms with Crippen molar-refractivity contribution in [2.75, 3.05) is 19.7 Å². The molecule has 1 saturated carbocycles. The molecule has 3 N–H and O–H groups in total. The smallest absolute Gasteiger partial charge is 0.310 e. The Morgan fingerprint density at radius 2 is 1.94 bits per heavy atom. The van der Waals surface area contributed by atoms with E-state index in [0.717, 1.165) is 19.4 Å². The van der Waals surface area contributed by atoms with Crippen molar-refractivity contribution in [2.45, 2.75) is 39.5 Å². The van der Waals surface area contributed by atoms with Gasteiger partial charge in [0.2, 0.25) is 0 Å². The van der Waals surface area contributed by atoms with Gasteiger partial charge < -0.3 is 15.5 Å². The Hall–Kier alpha value is -0.610. The lowest BCUT2D eigenvalue weighted by Gasteiger charge is -2.29. The quantitative estimate of drug-likeness (QED) is 0.641. The highest BCUT2D eigenvalue weighted by Gasteiger charge is 2.34. The summed E-state index contributed by atoms with van der Waals surface area (Å²) in [7, 11) is 0. The first-order valence-corrected chi connectivity index (χ1v) is 5.97. The van der Waals surface area contributed by atoms with Gasteiger partial charge in [-0.2, -0.15) is 0 Å². The highest BCUT2D eigenvalue weighted by Crippen LogP contribution is 2.37. The Bertz CT molecular complexity index is 245. The van der Waals surface area contributed by atoms with E-state index in [2.05, 4.69) is 5.32 Å². The van der Waals surface area contributed by atoms with Gasteiger partial charge in [-0.3, -0.25) is 4.79 Å². The molecule has 0 aromatic rings. The first-order valence-electron chi connectivity index (χ1n) is 5.97. The van der Waals surface area contributed by atoms with E-state index < -0.39 is 11.4 Å². The highest BCUT2D eigenvalue weighted by atomic mass is 16.4. The summed E-state index contributed by atoms with van der Waals surface area (Å²) in [6.07, 6.45) is 4.43. The average Bonchev–Trinajstić information content (AvgIpc) is 2.67. The van der Waals surface area contributed by atoms with Gasteiger partial charge in [0.15, 0.2) is 0 Å². The van der Waals surface area contributed by atoms with Gasteiger partial charge in [0.25, 0.3) is 0 Å². The van der Waals surface area contributed by atoms with Crippen LogP contribution in [-0.2, 0) is 4.79 Å². The molecule has 94 valence electrons. The van der Waals surface area contributed by atoms with Crippen molar-refractivity contribution < 1.29 is 15.0 Å². The molecule has 1 rings (SSSR count). The minimum atomic E-state index is -0.788. The molecule has 0 unspecified atom stereocenters. The van der Waals surface area contributed by atoms with Gasteiger partial charge in [-0.1, -0.05) is 12.8 Å². The second-order valence-corrected chi connectivity index (χ2v) is 5.66. The van der Waals surface area contributed by atoms with Crippen LogP contribution < -0.4 is 5.32 Å². The van der Waals surface area contributed by atoms with Gasteiger partial charge in [-0.05, 0) is 26.7 Å². The van der Waals surface area contributed by atoms with Gasteiger partial charge in [0.1, 0.15) is 0 Å². The fourth-order valence-electron chi connectivity index (χ4n) is 2.23. The van der Waals surface area contributed by atoms with E-state index in [1.54, 1.807) is 13.8 Å². The molecule has 4 nitrogen and oxygen atoms in total. The van der Waals surface area contributed by atoms with Gasteiger partial charge in [0, 0.05) is 25.1 Å². The number of carbonyl (C=O) groups is 1. The van der Waals surface area contributed by atoms with Gasteiger partial charge in [0.05, 0.1) is 5.41 Å². The molecule has 4 heteroatoms. The molecule has 1 fully saturated rings. The molecule has 0 aliphatic heterocycles. The van der Waals surface area contributed by atoms with Crippen LogP contribution in [0, 0.1) is 10.8 Å². The van der Waals surface area contributed by atoms with Crippen LogP contribution in [0.1, 0.15) is 39.5 Å². The van der Waals surface area contributed by atoms with Crippen molar-refractivity contribution >= 4 is 5.97 Å². The summed E-state index contributed by atoms with van der Waals surface area (Å²) in [6, 6.07) is 0. The summed E-state index contributed by atoms with van der Waals surface area (Å²) < 4.78 is 0. The lowest BCUT2D eigenvalue weighted by Crippen LogP contribution is -2.42. The van der Waals surface area contributed by atoms with Crippen LogP contribution in [0.2, 0.25) is 0 Å². The Morgan fingerprint density at radius 3 is 2.38 bits per heavy atom. The maximum Gasteiger partial charge on any atom is 0.310 e. The van der Waals surface area contributed by atoms with Crippen molar-refractivity contribution in [3.63, 3.8) is 0 Å². The van der Waals surface area contributed by atoms with Crippen LogP contribution in [-0.4, -0.2) is 35.9 Å². The molecule has 0 aromatic heterocycles. The van der Waals surface area contributed by atoms with Crippen molar-refractivity contribution in [2.24, 2.45) is 10.8 Å². The minimum Gasteiger partial charge on any atom is -0.481 e. The van der Waals surface area contributed by atoms with Crippen LogP contribution in [0.15, 0.2) is 0 Å². The molecule has 1 aliphatic carbocycles. The van der Waals surface area contributed by atoms with Crippen LogP contribution in [0.3, 0.4) is 0 Å². The molecular formula is C12H23NO3. The lowest BCUT2D eigenvalue weighted by atomic mass is 9.86. The zero-order valence-corrected chi connectivity index (χ0v) is 10.3. The third kappa shape index (κ3) is 3.19. The second kappa shape index (κ2) is 5.15. The molecule has 0 bridgehead atoms. The maximum absolute atomic E-state index is 10.9. The number of aliphatic hydroxyl groups excluding tert-OH is 1. The minimum absolute atomic E-state index is 0.00537. The second-order valence-electron chi connectivity index (χ2n) is 5.66. The fraction of sp³-hybridized carbons (Fsp3) is 0.917. The van der Waals surface area contributed by atoms with Crippen LogP contribution in [0.4, 0.5) is 0 Å². The topological polar surface area (TPSA) is 69.6 Å². The Labute approximate surface area is 97.0 Å². The summed E-state index contributed by atoms with van der Waals surface area (Å²) in [5.74, 6) is -0.788. The third-order valence-corrected chi connectivity index (χ3v) is 3.65. The number of rotatable bonds is 6. The Balaban J connectivity index is 2.37. The average molecular weight is 229 g/mol. The zero-order valence-electron chi connectivity index (χ0n) is 10.3. The number of aliphatic carboxylic acids is 1. The van der Waals surface area contributed by atoms with Crippen LogP contribution >= 0.6 is 0 Å². The van der Waals surface area contributed by atoms with E-state index in [1.165, 1.54) is 12.8 Å². The molecule has 0 aromatic carbocycles. The molecule has 0 atom stereocenters. The first kappa shape index (κ1) is 13.5. The third-order valence-electron chi connectivity index (χ3n) is 3.65. The molecule has 0 saturated heterocycles. The first-order chi connectivity index (χ1) is 7.42. The number of nitrogens with one attached hydrogen (secondary N) is 1. The summed E-state index contributed by atoms with van der Waals surface area (Å²) >= 11 is 0.